The predicted octanol–water partition coefficient (Wildman–Crippen LogP) is 2.10. The third kappa shape index (κ3) is 4.40. The van der Waals surface area contributed by atoms with Crippen molar-refractivity contribution < 1.29 is 9.32 Å². The number of rotatable bonds is 6. The molecule has 0 aliphatic carbocycles. The molecule has 0 saturated heterocycles. The summed E-state index contributed by atoms with van der Waals surface area (Å²) in [6.45, 7) is 4.38. The van der Waals surface area contributed by atoms with Crippen molar-refractivity contribution >= 4 is 11.7 Å². The molecule has 2 amide bonds. The van der Waals surface area contributed by atoms with E-state index in [0.29, 0.717) is 30.4 Å². The van der Waals surface area contributed by atoms with Gasteiger partial charge in [-0.1, -0.05) is 18.1 Å². The van der Waals surface area contributed by atoms with E-state index in [0.717, 1.165) is 5.56 Å². The molecule has 1 atom stereocenters. The molecule has 2 aromatic heterocycles. The molecule has 0 fully saturated rings. The van der Waals surface area contributed by atoms with E-state index < -0.39 is 0 Å². The van der Waals surface area contributed by atoms with Crippen LogP contribution in [0.15, 0.2) is 41.4 Å². The fourth-order valence-corrected chi connectivity index (χ4v) is 2.29. The third-order valence-corrected chi connectivity index (χ3v) is 3.46. The van der Waals surface area contributed by atoms with Crippen LogP contribution < -0.4 is 10.6 Å². The third-order valence-electron chi connectivity index (χ3n) is 3.46. The number of amides is 2. The lowest BCUT2D eigenvalue weighted by molar-refractivity contribution is 0.247. The van der Waals surface area contributed by atoms with Crippen LogP contribution >= 0.6 is 0 Å². The average molecular weight is 341 g/mol. The molecule has 0 saturated carbocycles. The summed E-state index contributed by atoms with van der Waals surface area (Å²) in [6.07, 6.45) is 3.77. The van der Waals surface area contributed by atoms with Crippen LogP contribution in [-0.4, -0.2) is 37.0 Å². The summed E-state index contributed by atoms with van der Waals surface area (Å²) < 4.78 is 6.88. The van der Waals surface area contributed by atoms with Gasteiger partial charge < -0.3 is 15.2 Å². The van der Waals surface area contributed by atoms with Gasteiger partial charge in [-0.2, -0.15) is 10.1 Å². The van der Waals surface area contributed by atoms with Gasteiger partial charge in [0.05, 0.1) is 6.54 Å². The molecule has 25 heavy (non-hydrogen) atoms. The van der Waals surface area contributed by atoms with Gasteiger partial charge in [0.1, 0.15) is 12.7 Å². The number of aryl methyl sites for hydroxylation is 1. The standard InChI is InChI=1S/C16H19N7O2/c1-3-14-21-15(25-22-14)12-5-4-6-13(7-12)20-16(24)19-11(2)8-23-10-17-9-18-23/h4-7,9-11H,3,8H2,1-2H3,(H2,19,20,24)/t11-/m0/s1. The predicted molar refractivity (Wildman–Crippen MR) is 90.8 cm³/mol. The Morgan fingerprint density at radius 3 is 3.00 bits per heavy atom. The highest BCUT2D eigenvalue weighted by atomic mass is 16.5. The smallest absolute Gasteiger partial charge is 0.319 e. The highest BCUT2D eigenvalue weighted by Crippen LogP contribution is 2.21. The van der Waals surface area contributed by atoms with E-state index >= 15 is 0 Å². The fourth-order valence-electron chi connectivity index (χ4n) is 2.29. The number of anilines is 1. The Labute approximate surface area is 144 Å². The molecular weight excluding hydrogens is 322 g/mol. The van der Waals surface area contributed by atoms with Crippen molar-refractivity contribution in [3.8, 4) is 11.5 Å². The van der Waals surface area contributed by atoms with Crippen LogP contribution in [0.3, 0.4) is 0 Å². The van der Waals surface area contributed by atoms with Gasteiger partial charge >= 0.3 is 6.03 Å². The van der Waals surface area contributed by atoms with Gasteiger partial charge in [0.25, 0.3) is 5.89 Å². The minimum absolute atomic E-state index is 0.104. The zero-order valence-electron chi connectivity index (χ0n) is 14.0. The number of hydrogen-bond donors (Lipinski definition) is 2. The molecule has 2 heterocycles. The Bertz CT molecular complexity index is 829. The summed E-state index contributed by atoms with van der Waals surface area (Å²) in [5, 5.41) is 13.5. The normalized spacial score (nSPS) is 11.9. The van der Waals surface area contributed by atoms with Gasteiger partial charge in [0.2, 0.25) is 0 Å². The lowest BCUT2D eigenvalue weighted by atomic mass is 10.2. The maximum atomic E-state index is 12.1. The molecule has 0 radical (unpaired) electrons. The lowest BCUT2D eigenvalue weighted by Gasteiger charge is -2.14. The number of urea groups is 1. The Morgan fingerprint density at radius 2 is 2.28 bits per heavy atom. The number of carbonyl (C=O) groups is 1. The van der Waals surface area contributed by atoms with Crippen LogP contribution in [0.2, 0.25) is 0 Å². The minimum atomic E-state index is -0.301. The topological polar surface area (TPSA) is 111 Å². The number of nitrogens with one attached hydrogen (secondary N) is 2. The molecule has 0 spiro atoms. The second-order valence-electron chi connectivity index (χ2n) is 5.57. The molecule has 3 rings (SSSR count). The van der Waals surface area contributed by atoms with Crippen molar-refractivity contribution in [2.75, 3.05) is 5.32 Å². The first-order chi connectivity index (χ1) is 12.1. The summed E-state index contributed by atoms with van der Waals surface area (Å²) in [7, 11) is 0. The van der Waals surface area contributed by atoms with Crippen LogP contribution in [0.1, 0.15) is 19.7 Å². The van der Waals surface area contributed by atoms with Crippen LogP contribution in [0.4, 0.5) is 10.5 Å². The van der Waals surface area contributed by atoms with Gasteiger partial charge in [-0.05, 0) is 25.1 Å². The molecule has 2 N–H and O–H groups in total. The zero-order valence-corrected chi connectivity index (χ0v) is 14.0. The van der Waals surface area contributed by atoms with E-state index in [1.165, 1.54) is 6.33 Å². The van der Waals surface area contributed by atoms with Crippen LogP contribution in [-0.2, 0) is 13.0 Å². The zero-order chi connectivity index (χ0) is 17.6. The molecule has 0 unspecified atom stereocenters. The average Bonchev–Trinajstić information content (AvgIpc) is 3.26. The maximum Gasteiger partial charge on any atom is 0.319 e. The number of hydrogen-bond acceptors (Lipinski definition) is 6. The number of carbonyl (C=O) groups excluding carboxylic acids is 1. The van der Waals surface area contributed by atoms with Gasteiger partial charge in [-0.3, -0.25) is 4.68 Å². The van der Waals surface area contributed by atoms with Crippen LogP contribution in [0, 0.1) is 0 Å². The van der Waals surface area contributed by atoms with E-state index in [1.807, 2.05) is 26.0 Å². The first kappa shape index (κ1) is 16.6. The molecule has 0 aliphatic rings. The molecular formula is C16H19N7O2. The Hall–Kier alpha value is -3.23. The Kier molecular flexibility index (Phi) is 5.03. The fraction of sp³-hybridized carbons (Fsp3) is 0.312. The van der Waals surface area contributed by atoms with Gasteiger partial charge in [0, 0.05) is 23.7 Å². The molecule has 1 aromatic carbocycles. The van der Waals surface area contributed by atoms with Crippen LogP contribution in [0.5, 0.6) is 0 Å². The minimum Gasteiger partial charge on any atom is -0.334 e. The van der Waals surface area contributed by atoms with Crippen molar-refractivity contribution in [3.63, 3.8) is 0 Å². The van der Waals surface area contributed by atoms with E-state index in [9.17, 15) is 4.79 Å². The molecule has 3 aromatic rings. The van der Waals surface area contributed by atoms with Gasteiger partial charge in [-0.15, -0.1) is 0 Å². The van der Waals surface area contributed by atoms with Crippen LogP contribution in [0.25, 0.3) is 11.5 Å². The molecule has 0 aliphatic heterocycles. The largest absolute Gasteiger partial charge is 0.334 e. The second kappa shape index (κ2) is 7.56. The Morgan fingerprint density at radius 1 is 1.40 bits per heavy atom. The first-order valence-electron chi connectivity index (χ1n) is 7.97. The van der Waals surface area contributed by atoms with E-state index in [4.69, 9.17) is 4.52 Å². The van der Waals surface area contributed by atoms with Crippen molar-refractivity contribution in [2.24, 2.45) is 0 Å². The van der Waals surface area contributed by atoms with E-state index in [2.05, 4.69) is 30.9 Å². The Balaban J connectivity index is 1.60. The van der Waals surface area contributed by atoms with Crippen molar-refractivity contribution in [2.45, 2.75) is 32.9 Å². The second-order valence-corrected chi connectivity index (χ2v) is 5.57. The molecule has 9 nitrogen and oxygen atoms in total. The highest BCUT2D eigenvalue weighted by Gasteiger charge is 2.11. The summed E-state index contributed by atoms with van der Waals surface area (Å²) in [5.74, 6) is 1.08. The SMILES string of the molecule is CCc1noc(-c2cccc(NC(=O)N[C@@H](C)Cn3cncn3)c2)n1. The molecule has 0 bridgehead atoms. The molecule has 130 valence electrons. The van der Waals surface area contributed by atoms with E-state index in [-0.39, 0.29) is 12.1 Å². The van der Waals surface area contributed by atoms with Gasteiger partial charge in [0.15, 0.2) is 5.82 Å². The number of benzene rings is 1. The summed E-state index contributed by atoms with van der Waals surface area (Å²) >= 11 is 0. The number of nitrogens with zero attached hydrogens (tertiary/aromatic N) is 5. The van der Waals surface area contributed by atoms with Gasteiger partial charge in [-0.25, -0.2) is 9.78 Å². The molecule has 9 heteroatoms. The lowest BCUT2D eigenvalue weighted by Crippen LogP contribution is -2.38. The van der Waals surface area contributed by atoms with Crippen molar-refractivity contribution in [1.82, 2.24) is 30.2 Å². The summed E-state index contributed by atoms with van der Waals surface area (Å²) in [5.41, 5.74) is 1.39. The summed E-state index contributed by atoms with van der Waals surface area (Å²) in [4.78, 5) is 20.3. The van der Waals surface area contributed by atoms with Crippen molar-refractivity contribution in [3.05, 3.63) is 42.7 Å². The number of aromatic nitrogens is 5. The highest BCUT2D eigenvalue weighted by molar-refractivity contribution is 5.90. The first-order valence-corrected chi connectivity index (χ1v) is 7.97. The summed E-state index contributed by atoms with van der Waals surface area (Å²) in [6, 6.07) is 6.84. The monoisotopic (exact) mass is 341 g/mol. The van der Waals surface area contributed by atoms with Crippen molar-refractivity contribution in [1.29, 1.82) is 0 Å². The maximum absolute atomic E-state index is 12.1. The quantitative estimate of drug-likeness (QED) is 0.710. The van der Waals surface area contributed by atoms with E-state index in [1.54, 1.807) is 23.1 Å².